The van der Waals surface area contributed by atoms with Gasteiger partial charge in [-0.15, -0.1) is 0 Å². The van der Waals surface area contributed by atoms with Crippen molar-refractivity contribution >= 4 is 27.7 Å². The van der Waals surface area contributed by atoms with E-state index in [4.69, 9.17) is 10.5 Å². The highest BCUT2D eigenvalue weighted by atomic mass is 32.2. The lowest BCUT2D eigenvalue weighted by molar-refractivity contribution is -0.125. The number of nitrogens with one attached hydrogen (secondary N) is 4. The van der Waals surface area contributed by atoms with Gasteiger partial charge in [-0.3, -0.25) is 4.79 Å². The summed E-state index contributed by atoms with van der Waals surface area (Å²) >= 11 is 0. The Bertz CT molecular complexity index is 1550. The summed E-state index contributed by atoms with van der Waals surface area (Å²) in [6.45, 7) is 9.69. The van der Waals surface area contributed by atoms with Crippen molar-refractivity contribution < 1.29 is 22.7 Å². The molecule has 48 heavy (non-hydrogen) atoms. The molecule has 0 aliphatic carbocycles. The summed E-state index contributed by atoms with van der Waals surface area (Å²) in [6.07, 6.45) is -0.0102. The summed E-state index contributed by atoms with van der Waals surface area (Å²) in [7, 11) is -2.55. The molecule has 0 aromatic heterocycles. The molecule has 0 unspecified atom stereocenters. The molecule has 4 rings (SSSR count). The fourth-order valence-electron chi connectivity index (χ4n) is 6.03. The van der Waals surface area contributed by atoms with Gasteiger partial charge in [0.25, 0.3) is 0 Å². The summed E-state index contributed by atoms with van der Waals surface area (Å²) in [5.74, 6) is -0.562. The van der Waals surface area contributed by atoms with E-state index in [1.807, 2.05) is 74.5 Å². The van der Waals surface area contributed by atoms with Crippen molar-refractivity contribution in [1.82, 2.24) is 25.6 Å². The second-order valence-electron chi connectivity index (χ2n) is 13.4. The van der Waals surface area contributed by atoms with Gasteiger partial charge in [-0.1, -0.05) is 74.5 Å². The maximum atomic E-state index is 14.1. The molecule has 260 valence electrons. The number of carbonyl (C=O) groups is 2. The Morgan fingerprint density at radius 2 is 1.54 bits per heavy atom. The lowest BCUT2D eigenvalue weighted by Crippen LogP contribution is -2.60. The number of benzene rings is 3. The number of alkyl carbamates (subject to hydrolysis) is 1. The third-order valence-electron chi connectivity index (χ3n) is 8.63. The zero-order valence-corrected chi connectivity index (χ0v) is 29.3. The zero-order valence-electron chi connectivity index (χ0n) is 28.5. The van der Waals surface area contributed by atoms with Gasteiger partial charge in [-0.2, -0.15) is 4.31 Å². The van der Waals surface area contributed by atoms with Gasteiger partial charge >= 0.3 is 6.09 Å². The van der Waals surface area contributed by atoms with E-state index in [2.05, 4.69) is 35.1 Å². The third kappa shape index (κ3) is 9.56. The van der Waals surface area contributed by atoms with Crippen LogP contribution in [0.4, 0.5) is 10.5 Å². The van der Waals surface area contributed by atoms with Crippen LogP contribution in [0.2, 0.25) is 0 Å². The van der Waals surface area contributed by atoms with Gasteiger partial charge in [0.15, 0.2) is 0 Å². The molecule has 11 nitrogen and oxygen atoms in total. The maximum Gasteiger partial charge on any atom is 0.407 e. The molecule has 1 aliphatic rings. The Kier molecular flexibility index (Phi) is 12.6. The Morgan fingerprint density at radius 3 is 2.08 bits per heavy atom. The quantitative estimate of drug-likeness (QED) is 0.153. The largest absolute Gasteiger partial charge is 0.453 e. The Hall–Kier alpha value is -3.97. The van der Waals surface area contributed by atoms with Crippen LogP contribution in [0, 0.1) is 5.92 Å². The van der Waals surface area contributed by atoms with Crippen molar-refractivity contribution in [3.8, 4) is 0 Å². The number of nitrogens with zero attached hydrogens (tertiary/aromatic N) is 1. The molecule has 1 aliphatic heterocycles. The van der Waals surface area contributed by atoms with Crippen LogP contribution in [0.15, 0.2) is 89.8 Å². The Balaban J connectivity index is 1.54. The molecule has 1 fully saturated rings. The molecule has 3 aromatic rings. The van der Waals surface area contributed by atoms with E-state index in [1.54, 1.807) is 28.6 Å². The molecule has 0 radical (unpaired) electrons. The van der Waals surface area contributed by atoms with E-state index in [1.165, 1.54) is 7.11 Å². The van der Waals surface area contributed by atoms with E-state index in [0.717, 1.165) is 11.1 Å². The highest BCUT2D eigenvalue weighted by Gasteiger charge is 2.40. The highest BCUT2D eigenvalue weighted by Crippen LogP contribution is 2.29. The highest BCUT2D eigenvalue weighted by molar-refractivity contribution is 7.89. The predicted molar refractivity (Wildman–Crippen MR) is 189 cm³/mol. The number of nitrogens with two attached hydrogens (primary N) is 1. The van der Waals surface area contributed by atoms with E-state index >= 15 is 0 Å². The fraction of sp³-hybridized carbons (Fsp3) is 0.444. The van der Waals surface area contributed by atoms with Crippen LogP contribution in [-0.4, -0.2) is 81.7 Å². The van der Waals surface area contributed by atoms with Crippen LogP contribution in [0.1, 0.15) is 51.2 Å². The fourth-order valence-corrected chi connectivity index (χ4v) is 7.70. The first-order valence-corrected chi connectivity index (χ1v) is 17.8. The normalized spacial score (nSPS) is 17.4. The summed E-state index contributed by atoms with van der Waals surface area (Å²) in [4.78, 5) is 26.9. The van der Waals surface area contributed by atoms with E-state index in [9.17, 15) is 18.0 Å². The maximum absolute atomic E-state index is 14.1. The Labute approximate surface area is 285 Å². The number of hydrogen-bond donors (Lipinski definition) is 5. The van der Waals surface area contributed by atoms with Crippen LogP contribution in [-0.2, 0) is 19.6 Å². The van der Waals surface area contributed by atoms with E-state index in [0.29, 0.717) is 44.2 Å². The first-order valence-electron chi connectivity index (χ1n) is 16.4. The molecule has 3 atom stereocenters. The summed E-state index contributed by atoms with van der Waals surface area (Å²) in [6, 6.07) is 23.9. The summed E-state index contributed by atoms with van der Waals surface area (Å²) in [5, 5.41) is 12.8. The van der Waals surface area contributed by atoms with Gasteiger partial charge in [-0.25, -0.2) is 13.2 Å². The van der Waals surface area contributed by atoms with Gasteiger partial charge in [-0.05, 0) is 61.6 Å². The van der Waals surface area contributed by atoms with Crippen LogP contribution >= 0.6 is 0 Å². The lowest BCUT2D eigenvalue weighted by Gasteiger charge is -2.36. The number of methoxy groups -OCH3 is 1. The molecule has 0 spiro atoms. The lowest BCUT2D eigenvalue weighted by atomic mass is 9.84. The van der Waals surface area contributed by atoms with Crippen LogP contribution in [0.5, 0.6) is 0 Å². The SMILES string of the molecule is COC(=O)N[C@H](C(=O)NC(C)(C)CN[C@@H]1CNC[C@H]1N(CCC(C)C)S(=O)(=O)c1ccc(N)cc1)C(c1ccccc1)c1ccccc1. The van der Waals surface area contributed by atoms with Crippen molar-refractivity contribution in [2.75, 3.05) is 39.0 Å². The summed E-state index contributed by atoms with van der Waals surface area (Å²) in [5.41, 5.74) is 7.28. The molecular weight excluding hydrogens is 629 g/mol. The van der Waals surface area contributed by atoms with Gasteiger partial charge in [0.1, 0.15) is 6.04 Å². The number of ether oxygens (including phenoxy) is 1. The summed E-state index contributed by atoms with van der Waals surface area (Å²) < 4.78 is 34.4. The van der Waals surface area contributed by atoms with Crippen molar-refractivity contribution in [2.24, 2.45) is 5.92 Å². The average Bonchev–Trinajstić information content (AvgIpc) is 3.52. The molecule has 1 heterocycles. The number of sulfonamides is 1. The molecule has 12 heteroatoms. The molecular formula is C36H50N6O5S. The predicted octanol–water partition coefficient (Wildman–Crippen LogP) is 3.69. The van der Waals surface area contributed by atoms with Crippen molar-refractivity contribution in [3.05, 3.63) is 96.1 Å². The number of nitrogen functional groups attached to an aromatic ring is 1. The van der Waals surface area contributed by atoms with Gasteiger partial charge in [0.05, 0.1) is 18.0 Å². The topological polar surface area (TPSA) is 155 Å². The number of rotatable bonds is 15. The molecule has 2 amide bonds. The van der Waals surface area contributed by atoms with Crippen LogP contribution < -0.4 is 27.0 Å². The minimum atomic E-state index is -3.81. The zero-order chi connectivity index (χ0) is 34.9. The Morgan fingerprint density at radius 1 is 0.958 bits per heavy atom. The second kappa shape index (κ2) is 16.4. The smallest absolute Gasteiger partial charge is 0.407 e. The third-order valence-corrected chi connectivity index (χ3v) is 10.6. The number of hydrogen-bond acceptors (Lipinski definition) is 8. The number of anilines is 1. The molecule has 1 saturated heterocycles. The first-order chi connectivity index (χ1) is 22.8. The number of amides is 2. The van der Waals surface area contributed by atoms with E-state index in [-0.39, 0.29) is 22.9 Å². The monoisotopic (exact) mass is 678 g/mol. The minimum absolute atomic E-state index is 0.203. The number of carbonyl (C=O) groups excluding carboxylic acids is 2. The van der Waals surface area contributed by atoms with Gasteiger partial charge in [0, 0.05) is 49.4 Å². The van der Waals surface area contributed by atoms with Crippen LogP contribution in [0.3, 0.4) is 0 Å². The standard InChI is InChI=1S/C36H50N6O5S/c1-25(2)20-21-42(48(45,46)29-18-16-28(37)17-19-29)31-23-38-22-30(31)39-24-36(3,4)41-34(43)33(40-35(44)47-5)32(26-12-8-6-9-13-26)27-14-10-7-11-15-27/h6-19,25,30-33,38-39H,20-24,37H2,1-5H3,(H,40,44)(H,41,43)/t30-,31-,33+/m1/s1. The van der Waals surface area contributed by atoms with Crippen molar-refractivity contribution in [1.29, 1.82) is 0 Å². The first kappa shape index (κ1) is 36.9. The van der Waals surface area contributed by atoms with Crippen molar-refractivity contribution in [2.45, 2.75) is 68.6 Å². The van der Waals surface area contributed by atoms with Crippen LogP contribution in [0.25, 0.3) is 0 Å². The molecule has 6 N–H and O–H groups in total. The average molecular weight is 679 g/mol. The molecule has 3 aromatic carbocycles. The molecule has 0 bridgehead atoms. The minimum Gasteiger partial charge on any atom is -0.453 e. The van der Waals surface area contributed by atoms with Crippen molar-refractivity contribution in [3.63, 3.8) is 0 Å². The van der Waals surface area contributed by atoms with Gasteiger partial charge < -0.3 is 31.7 Å². The molecule has 0 saturated carbocycles. The second-order valence-corrected chi connectivity index (χ2v) is 15.3. The van der Waals surface area contributed by atoms with E-state index < -0.39 is 33.6 Å². The van der Waals surface area contributed by atoms with Gasteiger partial charge in [0.2, 0.25) is 15.9 Å².